The fourth-order valence-electron chi connectivity index (χ4n) is 6.26. The first-order valence-electron chi connectivity index (χ1n) is 15.3. The summed E-state index contributed by atoms with van der Waals surface area (Å²) in [5.74, 6) is 1.32. The summed E-state index contributed by atoms with van der Waals surface area (Å²) >= 11 is 0. The summed E-state index contributed by atoms with van der Waals surface area (Å²) in [5.41, 5.74) is 0. The van der Waals surface area contributed by atoms with Gasteiger partial charge in [-0.05, 0) is 43.9 Å². The Morgan fingerprint density at radius 3 is 2.40 bits per heavy atom. The van der Waals surface area contributed by atoms with Crippen molar-refractivity contribution in [1.29, 1.82) is 0 Å². The zero-order chi connectivity index (χ0) is 29.1. The van der Waals surface area contributed by atoms with Crippen molar-refractivity contribution in [2.45, 2.75) is 127 Å². The van der Waals surface area contributed by atoms with E-state index < -0.39 is 43.2 Å². The molecule has 8 atom stereocenters. The largest absolute Gasteiger partial charge is 0.394 e. The van der Waals surface area contributed by atoms with E-state index in [0.717, 1.165) is 24.7 Å². The van der Waals surface area contributed by atoms with Crippen LogP contribution in [0.2, 0.25) is 0 Å². The van der Waals surface area contributed by atoms with Crippen LogP contribution in [0, 0.1) is 11.8 Å². The molecular formula is C29H52N2O9. The summed E-state index contributed by atoms with van der Waals surface area (Å²) in [6, 6.07) is -1.16. The van der Waals surface area contributed by atoms with E-state index in [4.69, 9.17) is 14.2 Å². The summed E-state index contributed by atoms with van der Waals surface area (Å²) in [4.78, 5) is 26.2. The van der Waals surface area contributed by atoms with Gasteiger partial charge in [0, 0.05) is 33.1 Å². The molecule has 11 nitrogen and oxygen atoms in total. The Bertz CT molecular complexity index is 768. The van der Waals surface area contributed by atoms with Gasteiger partial charge in [0.05, 0.1) is 25.4 Å². The lowest BCUT2D eigenvalue weighted by molar-refractivity contribution is -0.270. The first kappa shape index (κ1) is 33.2. The minimum atomic E-state index is -1.35. The SMILES string of the molecule is CCC(CCCO[C@@H]1C[C@@H](CO)N(C(=O)CCCCCOC2OC(CO)C(O)C(O)C2NC(C)=O)C1)C1CCC1. The maximum atomic E-state index is 12.9. The molecule has 3 fully saturated rings. The van der Waals surface area contributed by atoms with Crippen LogP contribution in [-0.4, -0.2) is 113 Å². The zero-order valence-electron chi connectivity index (χ0n) is 24.3. The van der Waals surface area contributed by atoms with Gasteiger partial charge in [-0.1, -0.05) is 39.0 Å². The summed E-state index contributed by atoms with van der Waals surface area (Å²) in [6.45, 7) is 4.50. The molecule has 2 saturated heterocycles. The molecule has 11 heteroatoms. The number of carbonyl (C=O) groups is 2. The molecule has 232 valence electrons. The van der Waals surface area contributed by atoms with E-state index in [9.17, 15) is 30.0 Å². The standard InChI is InChI=1S/C29H52N2O9/c1-3-20(21-9-7-10-21)11-8-14-38-23-15-22(17-32)31(16-23)25(35)12-5-4-6-13-39-29-26(30-19(2)34)28(37)27(36)24(18-33)40-29/h20-24,26-29,32-33,36-37H,3-18H2,1-2H3,(H,30,34)/t20?,22-,23+,24?,26?,27?,28?,29?/m0/s1. The molecule has 0 radical (unpaired) electrons. The highest BCUT2D eigenvalue weighted by Gasteiger charge is 2.45. The molecule has 1 saturated carbocycles. The molecule has 3 rings (SSSR count). The second-order valence-electron chi connectivity index (χ2n) is 11.7. The van der Waals surface area contributed by atoms with Gasteiger partial charge >= 0.3 is 0 Å². The van der Waals surface area contributed by atoms with E-state index in [1.165, 1.54) is 39.0 Å². The first-order chi connectivity index (χ1) is 19.3. The van der Waals surface area contributed by atoms with Crippen molar-refractivity contribution >= 4 is 11.8 Å². The number of ether oxygens (including phenoxy) is 3. The minimum absolute atomic E-state index is 0.0198. The van der Waals surface area contributed by atoms with Gasteiger partial charge in [-0.25, -0.2) is 0 Å². The number of hydrogen-bond donors (Lipinski definition) is 5. The highest BCUT2D eigenvalue weighted by atomic mass is 16.7. The van der Waals surface area contributed by atoms with E-state index in [1.54, 1.807) is 4.90 Å². The Hall–Kier alpha value is -1.34. The van der Waals surface area contributed by atoms with Crippen molar-refractivity contribution in [3.8, 4) is 0 Å². The predicted octanol–water partition coefficient (Wildman–Crippen LogP) is 1.09. The smallest absolute Gasteiger partial charge is 0.222 e. The van der Waals surface area contributed by atoms with Crippen LogP contribution in [0.15, 0.2) is 0 Å². The molecule has 2 amide bonds. The van der Waals surface area contributed by atoms with Gasteiger partial charge in [-0.15, -0.1) is 0 Å². The van der Waals surface area contributed by atoms with Gasteiger partial charge in [0.25, 0.3) is 0 Å². The molecule has 1 aliphatic carbocycles. The highest BCUT2D eigenvalue weighted by molar-refractivity contribution is 5.77. The molecule has 2 aliphatic heterocycles. The Labute approximate surface area is 238 Å². The predicted molar refractivity (Wildman–Crippen MR) is 147 cm³/mol. The molecule has 6 unspecified atom stereocenters. The van der Waals surface area contributed by atoms with Crippen LogP contribution in [0.5, 0.6) is 0 Å². The van der Waals surface area contributed by atoms with Crippen molar-refractivity contribution in [3.05, 3.63) is 0 Å². The van der Waals surface area contributed by atoms with Crippen molar-refractivity contribution in [3.63, 3.8) is 0 Å². The lowest BCUT2D eigenvalue weighted by Gasteiger charge is -2.42. The normalized spacial score (nSPS) is 31.6. The van der Waals surface area contributed by atoms with Crippen LogP contribution in [0.3, 0.4) is 0 Å². The van der Waals surface area contributed by atoms with E-state index in [2.05, 4.69) is 12.2 Å². The number of nitrogens with zero attached hydrogens (tertiary/aromatic N) is 1. The summed E-state index contributed by atoms with van der Waals surface area (Å²) in [7, 11) is 0. The fourth-order valence-corrected chi connectivity index (χ4v) is 6.26. The Morgan fingerprint density at radius 1 is 1.02 bits per heavy atom. The van der Waals surface area contributed by atoms with E-state index in [1.807, 2.05) is 0 Å². The van der Waals surface area contributed by atoms with Crippen molar-refractivity contribution in [2.75, 3.05) is 33.0 Å². The molecule has 5 N–H and O–H groups in total. The number of aliphatic hydroxyl groups is 4. The average Bonchev–Trinajstić information content (AvgIpc) is 3.33. The highest BCUT2D eigenvalue weighted by Crippen LogP contribution is 2.37. The van der Waals surface area contributed by atoms with Crippen LogP contribution in [-0.2, 0) is 23.8 Å². The average molecular weight is 573 g/mol. The molecule has 0 aromatic heterocycles. The van der Waals surface area contributed by atoms with Crippen LogP contribution in [0.25, 0.3) is 0 Å². The van der Waals surface area contributed by atoms with E-state index in [-0.39, 0.29) is 31.3 Å². The van der Waals surface area contributed by atoms with E-state index in [0.29, 0.717) is 38.8 Å². The molecule has 0 aromatic carbocycles. The van der Waals surface area contributed by atoms with Gasteiger partial charge in [-0.2, -0.15) is 0 Å². The number of hydrogen-bond acceptors (Lipinski definition) is 9. The first-order valence-corrected chi connectivity index (χ1v) is 15.3. The zero-order valence-corrected chi connectivity index (χ0v) is 24.3. The van der Waals surface area contributed by atoms with Gasteiger partial charge in [0.1, 0.15) is 24.4 Å². The topological polar surface area (TPSA) is 158 Å². The fraction of sp³-hybridized carbons (Fsp3) is 0.931. The molecular weight excluding hydrogens is 520 g/mol. The lowest BCUT2D eigenvalue weighted by atomic mass is 9.73. The third-order valence-corrected chi connectivity index (χ3v) is 8.89. The number of amides is 2. The summed E-state index contributed by atoms with van der Waals surface area (Å²) in [6.07, 6.45) is 5.89. The molecule has 40 heavy (non-hydrogen) atoms. The number of carbonyl (C=O) groups excluding carboxylic acids is 2. The van der Waals surface area contributed by atoms with Crippen LogP contribution in [0.1, 0.15) is 84.5 Å². The monoisotopic (exact) mass is 572 g/mol. The third kappa shape index (κ3) is 9.34. The van der Waals surface area contributed by atoms with Gasteiger partial charge < -0.3 is 44.9 Å². The maximum absolute atomic E-state index is 12.9. The molecule has 2 heterocycles. The van der Waals surface area contributed by atoms with Crippen molar-refractivity contribution in [1.82, 2.24) is 10.2 Å². The molecule has 0 aromatic rings. The Balaban J connectivity index is 1.32. The maximum Gasteiger partial charge on any atom is 0.222 e. The quantitative estimate of drug-likeness (QED) is 0.161. The van der Waals surface area contributed by atoms with Crippen LogP contribution >= 0.6 is 0 Å². The summed E-state index contributed by atoms with van der Waals surface area (Å²) < 4.78 is 17.4. The third-order valence-electron chi connectivity index (χ3n) is 8.89. The minimum Gasteiger partial charge on any atom is -0.394 e. The molecule has 0 bridgehead atoms. The van der Waals surface area contributed by atoms with Gasteiger partial charge in [-0.3, -0.25) is 9.59 Å². The van der Waals surface area contributed by atoms with Crippen LogP contribution < -0.4 is 5.32 Å². The van der Waals surface area contributed by atoms with Crippen molar-refractivity contribution < 1.29 is 44.2 Å². The number of unbranched alkanes of at least 4 members (excludes halogenated alkanes) is 2. The summed E-state index contributed by atoms with van der Waals surface area (Å²) in [5, 5.41) is 42.2. The number of aliphatic hydroxyl groups excluding tert-OH is 4. The number of nitrogens with one attached hydrogen (secondary N) is 1. The second kappa shape index (κ2) is 16.9. The number of rotatable bonds is 17. The van der Waals surface area contributed by atoms with Gasteiger partial charge in [0.15, 0.2) is 6.29 Å². The Morgan fingerprint density at radius 2 is 1.77 bits per heavy atom. The lowest BCUT2D eigenvalue weighted by Crippen LogP contribution is -2.64. The van der Waals surface area contributed by atoms with Crippen LogP contribution in [0.4, 0.5) is 0 Å². The van der Waals surface area contributed by atoms with Gasteiger partial charge in [0.2, 0.25) is 11.8 Å². The second-order valence-corrected chi connectivity index (χ2v) is 11.7. The van der Waals surface area contributed by atoms with E-state index >= 15 is 0 Å². The Kier molecular flexibility index (Phi) is 14.0. The molecule has 3 aliphatic rings. The number of likely N-dealkylation sites (tertiary alicyclic amines) is 1. The van der Waals surface area contributed by atoms with Crippen molar-refractivity contribution in [2.24, 2.45) is 11.8 Å². The molecule has 0 spiro atoms.